The van der Waals surface area contributed by atoms with Crippen molar-refractivity contribution in [2.75, 3.05) is 24.6 Å². The van der Waals surface area contributed by atoms with Gasteiger partial charge in [-0.05, 0) is 36.2 Å². The second-order valence-electron chi connectivity index (χ2n) is 6.53. The molecule has 2 amide bonds. The number of nitrogens with one attached hydrogen (secondary N) is 1. The molecule has 0 aliphatic heterocycles. The number of carbonyl (C=O) groups excluding carboxylic acids is 2. The number of hydrogen-bond donors (Lipinski definition) is 1. The van der Waals surface area contributed by atoms with Gasteiger partial charge in [-0.2, -0.15) is 5.26 Å². The fourth-order valence-corrected chi connectivity index (χ4v) is 2.83. The second-order valence-corrected chi connectivity index (χ2v) is 6.53. The minimum Gasteiger partial charge on any atom is -0.481 e. The minimum absolute atomic E-state index is 0.0906. The Morgan fingerprint density at radius 2 is 1.80 bits per heavy atom. The number of hydrogen-bond acceptors (Lipinski definition) is 4. The summed E-state index contributed by atoms with van der Waals surface area (Å²) in [7, 11) is 0. The van der Waals surface area contributed by atoms with Crippen LogP contribution in [-0.4, -0.2) is 31.5 Å². The maximum atomic E-state index is 12.6. The zero-order chi connectivity index (χ0) is 21.6. The van der Waals surface area contributed by atoms with Gasteiger partial charge in [0.15, 0.2) is 0 Å². The van der Waals surface area contributed by atoms with Gasteiger partial charge in [-0.1, -0.05) is 36.3 Å². The number of nitriles is 1. The van der Waals surface area contributed by atoms with Crippen molar-refractivity contribution in [3.63, 3.8) is 0 Å². The molecular formula is C24H25N3O3. The Hall–Kier alpha value is -3.77. The van der Waals surface area contributed by atoms with E-state index in [2.05, 4.69) is 17.3 Å². The van der Waals surface area contributed by atoms with Gasteiger partial charge in [-0.25, -0.2) is 0 Å². The maximum absolute atomic E-state index is 12.6. The fourth-order valence-electron chi connectivity index (χ4n) is 2.83. The molecule has 6 nitrogen and oxygen atoms in total. The maximum Gasteiger partial charge on any atom is 0.227 e. The molecule has 2 aromatic rings. The van der Waals surface area contributed by atoms with E-state index in [4.69, 9.17) is 16.4 Å². The van der Waals surface area contributed by atoms with Crippen LogP contribution in [0.4, 0.5) is 5.69 Å². The average molecular weight is 403 g/mol. The van der Waals surface area contributed by atoms with Gasteiger partial charge in [0.25, 0.3) is 0 Å². The van der Waals surface area contributed by atoms with E-state index in [1.807, 2.05) is 54.6 Å². The highest BCUT2D eigenvalue weighted by molar-refractivity contribution is 5.95. The van der Waals surface area contributed by atoms with E-state index in [1.54, 1.807) is 4.90 Å². The second kappa shape index (κ2) is 12.6. The van der Waals surface area contributed by atoms with Crippen LogP contribution in [0.3, 0.4) is 0 Å². The van der Waals surface area contributed by atoms with Crippen LogP contribution in [0.25, 0.3) is 0 Å². The van der Waals surface area contributed by atoms with Gasteiger partial charge in [-0.3, -0.25) is 9.59 Å². The van der Waals surface area contributed by atoms with E-state index in [0.717, 1.165) is 11.3 Å². The molecule has 6 heteroatoms. The minimum atomic E-state index is -0.175. The van der Waals surface area contributed by atoms with Gasteiger partial charge < -0.3 is 15.0 Å². The van der Waals surface area contributed by atoms with Crippen molar-refractivity contribution in [2.24, 2.45) is 0 Å². The topological polar surface area (TPSA) is 82.4 Å². The third kappa shape index (κ3) is 7.69. The number of nitrogens with zero attached hydrogens (tertiary/aromatic N) is 2. The average Bonchev–Trinajstić information content (AvgIpc) is 2.78. The third-order valence-corrected chi connectivity index (χ3v) is 4.36. The van der Waals surface area contributed by atoms with E-state index >= 15 is 0 Å². The van der Waals surface area contributed by atoms with Gasteiger partial charge in [-0.15, -0.1) is 6.42 Å². The number of rotatable bonds is 11. The molecule has 0 unspecified atom stereocenters. The summed E-state index contributed by atoms with van der Waals surface area (Å²) in [6, 6.07) is 18.8. The molecule has 0 radical (unpaired) electrons. The summed E-state index contributed by atoms with van der Waals surface area (Å²) in [6.45, 7) is 1.02. The normalized spacial score (nSPS) is 9.80. The third-order valence-electron chi connectivity index (χ3n) is 4.36. The quantitative estimate of drug-likeness (QED) is 0.585. The van der Waals surface area contributed by atoms with E-state index < -0.39 is 0 Å². The van der Waals surface area contributed by atoms with Crippen LogP contribution in [0.15, 0.2) is 54.6 Å². The summed E-state index contributed by atoms with van der Waals surface area (Å²) < 4.78 is 5.32. The summed E-state index contributed by atoms with van der Waals surface area (Å²) in [6.07, 6.45) is 6.26. The van der Waals surface area contributed by atoms with Gasteiger partial charge in [0.2, 0.25) is 11.8 Å². The molecule has 0 saturated heterocycles. The summed E-state index contributed by atoms with van der Waals surface area (Å²) in [5, 5.41) is 11.7. The zero-order valence-corrected chi connectivity index (χ0v) is 16.8. The van der Waals surface area contributed by atoms with Crippen molar-refractivity contribution < 1.29 is 14.3 Å². The van der Waals surface area contributed by atoms with Crippen LogP contribution in [0.2, 0.25) is 0 Å². The van der Waals surface area contributed by atoms with Crippen molar-refractivity contribution in [2.45, 2.75) is 25.7 Å². The summed E-state index contributed by atoms with van der Waals surface area (Å²) in [5.74, 6) is 2.77. The smallest absolute Gasteiger partial charge is 0.227 e. The molecule has 30 heavy (non-hydrogen) atoms. The monoisotopic (exact) mass is 403 g/mol. The number of amides is 2. The van der Waals surface area contributed by atoms with Crippen LogP contribution in [-0.2, 0) is 16.0 Å². The molecule has 2 aromatic carbocycles. The predicted molar refractivity (Wildman–Crippen MR) is 116 cm³/mol. The molecule has 0 aliphatic rings. The first-order chi connectivity index (χ1) is 14.6. The van der Waals surface area contributed by atoms with Crippen LogP contribution < -0.4 is 15.0 Å². The van der Waals surface area contributed by atoms with Crippen molar-refractivity contribution in [3.05, 3.63) is 60.2 Å². The fraction of sp³-hybridized carbons (Fsp3) is 0.292. The Morgan fingerprint density at radius 3 is 2.47 bits per heavy atom. The Balaban J connectivity index is 1.75. The molecule has 0 fully saturated rings. The van der Waals surface area contributed by atoms with E-state index in [0.29, 0.717) is 25.3 Å². The molecule has 0 heterocycles. The van der Waals surface area contributed by atoms with Crippen LogP contribution in [0.1, 0.15) is 24.8 Å². The molecule has 0 aliphatic carbocycles. The van der Waals surface area contributed by atoms with Crippen LogP contribution >= 0.6 is 0 Å². The van der Waals surface area contributed by atoms with Crippen molar-refractivity contribution in [1.29, 1.82) is 5.26 Å². The first kappa shape index (κ1) is 22.5. The van der Waals surface area contributed by atoms with Gasteiger partial charge in [0.1, 0.15) is 12.4 Å². The van der Waals surface area contributed by atoms with Crippen LogP contribution in [0.5, 0.6) is 5.75 Å². The molecule has 0 atom stereocenters. The van der Waals surface area contributed by atoms with Crippen molar-refractivity contribution in [3.8, 4) is 24.2 Å². The number of para-hydroxylation sites is 1. The summed E-state index contributed by atoms with van der Waals surface area (Å²) >= 11 is 0. The van der Waals surface area contributed by atoms with E-state index in [-0.39, 0.29) is 37.7 Å². The lowest BCUT2D eigenvalue weighted by Gasteiger charge is -2.21. The molecule has 0 bridgehead atoms. The lowest BCUT2D eigenvalue weighted by molar-refractivity contribution is -0.125. The van der Waals surface area contributed by atoms with Crippen molar-refractivity contribution >= 4 is 17.5 Å². The molecule has 154 valence electrons. The zero-order valence-electron chi connectivity index (χ0n) is 16.8. The highest BCUT2D eigenvalue weighted by Crippen LogP contribution is 2.16. The highest BCUT2D eigenvalue weighted by Gasteiger charge is 2.16. The highest BCUT2D eigenvalue weighted by atomic mass is 16.5. The molecule has 0 aromatic heterocycles. The Bertz CT molecular complexity index is 896. The number of anilines is 1. The van der Waals surface area contributed by atoms with Gasteiger partial charge in [0, 0.05) is 31.6 Å². The number of terminal acetylenes is 1. The molecule has 0 saturated carbocycles. The molecule has 0 spiro atoms. The summed E-state index contributed by atoms with van der Waals surface area (Å²) in [5.41, 5.74) is 1.79. The molecular weight excluding hydrogens is 378 g/mol. The lowest BCUT2D eigenvalue weighted by atomic mass is 10.1. The number of ether oxygens (including phenoxy) is 1. The Kier molecular flexibility index (Phi) is 9.49. The number of carbonyl (C=O) groups is 2. The predicted octanol–water partition coefficient (Wildman–Crippen LogP) is 3.08. The van der Waals surface area contributed by atoms with E-state index in [9.17, 15) is 9.59 Å². The number of benzene rings is 2. The first-order valence-electron chi connectivity index (χ1n) is 9.78. The van der Waals surface area contributed by atoms with Gasteiger partial charge in [0.05, 0.1) is 12.5 Å². The van der Waals surface area contributed by atoms with Gasteiger partial charge >= 0.3 is 0 Å². The first-order valence-corrected chi connectivity index (χ1v) is 9.78. The molecule has 1 N–H and O–H groups in total. The van der Waals surface area contributed by atoms with Crippen molar-refractivity contribution in [1.82, 2.24) is 5.32 Å². The lowest BCUT2D eigenvalue weighted by Crippen LogP contribution is -2.33. The SMILES string of the molecule is C#CCOc1ccc(CCNC(=O)CCC(=O)N(CCC#N)c2ccccc2)cc1. The van der Waals surface area contributed by atoms with Crippen LogP contribution in [0, 0.1) is 23.7 Å². The summed E-state index contributed by atoms with van der Waals surface area (Å²) in [4.78, 5) is 26.2. The Morgan fingerprint density at radius 1 is 1.07 bits per heavy atom. The largest absolute Gasteiger partial charge is 0.481 e. The molecule has 2 rings (SSSR count). The Labute approximate surface area is 177 Å². The standard InChI is InChI=1S/C24H25N3O3/c1-2-19-30-22-11-9-20(10-12-22)15-17-26-23(28)13-14-24(29)27(18-6-16-25)21-7-4-3-5-8-21/h1,3-5,7-12H,6,13-15,17-19H2,(H,26,28). The van der Waals surface area contributed by atoms with E-state index in [1.165, 1.54) is 0 Å².